The molecule has 1 atom stereocenters. The Hall–Kier alpha value is -1.55. The predicted molar refractivity (Wildman–Crippen MR) is 70.7 cm³/mol. The molecular weight excluding hydrogens is 228 g/mol. The number of benzene rings is 1. The van der Waals surface area contributed by atoms with Gasteiger partial charge in [0.1, 0.15) is 0 Å². The molecule has 1 aromatic heterocycles. The quantitative estimate of drug-likeness (QED) is 0.899. The van der Waals surface area contributed by atoms with Crippen LogP contribution in [0.25, 0.3) is 11.1 Å². The first kappa shape index (κ1) is 11.5. The molecule has 1 saturated heterocycles. The zero-order chi connectivity index (χ0) is 12.4. The van der Waals surface area contributed by atoms with E-state index in [0.29, 0.717) is 11.6 Å². The van der Waals surface area contributed by atoms with E-state index >= 15 is 0 Å². The summed E-state index contributed by atoms with van der Waals surface area (Å²) in [6.45, 7) is 1.88. The number of hydrogen-bond donors (Lipinski definition) is 1. The van der Waals surface area contributed by atoms with Crippen molar-refractivity contribution in [3.8, 4) is 0 Å². The van der Waals surface area contributed by atoms with Crippen molar-refractivity contribution >= 4 is 11.1 Å². The van der Waals surface area contributed by atoms with Crippen LogP contribution in [0.1, 0.15) is 25.7 Å². The second-order valence-corrected chi connectivity index (χ2v) is 4.92. The highest BCUT2D eigenvalue weighted by Crippen LogP contribution is 2.14. The van der Waals surface area contributed by atoms with Gasteiger partial charge < -0.3 is 9.73 Å². The summed E-state index contributed by atoms with van der Waals surface area (Å²) in [7, 11) is 0. The van der Waals surface area contributed by atoms with Crippen LogP contribution in [0.2, 0.25) is 0 Å². The summed E-state index contributed by atoms with van der Waals surface area (Å²) in [6, 6.07) is 8.24. The summed E-state index contributed by atoms with van der Waals surface area (Å²) in [5.74, 6) is -0.240. The standard InChI is InChI=1S/C14H18N2O2/c17-14-16(10-4-6-11-5-3-9-15-11)12-7-1-2-8-13(12)18-14/h1-2,7-8,11,15H,3-6,9-10H2. The molecule has 0 spiro atoms. The Kier molecular flexibility index (Phi) is 3.19. The number of nitrogens with one attached hydrogen (secondary N) is 1. The van der Waals surface area contributed by atoms with Gasteiger partial charge in [0.25, 0.3) is 0 Å². The maximum absolute atomic E-state index is 11.7. The molecule has 0 bridgehead atoms. The smallest absolute Gasteiger partial charge is 0.408 e. The van der Waals surface area contributed by atoms with Gasteiger partial charge in [0.2, 0.25) is 0 Å². The number of fused-ring (bicyclic) bond motifs is 1. The molecule has 0 aliphatic carbocycles. The minimum Gasteiger partial charge on any atom is -0.408 e. The van der Waals surface area contributed by atoms with Gasteiger partial charge in [-0.2, -0.15) is 0 Å². The van der Waals surface area contributed by atoms with Gasteiger partial charge in [-0.1, -0.05) is 12.1 Å². The first-order valence-corrected chi connectivity index (χ1v) is 6.66. The molecule has 4 nitrogen and oxygen atoms in total. The SMILES string of the molecule is O=c1oc2ccccc2n1CCCC1CCCN1. The van der Waals surface area contributed by atoms with Gasteiger partial charge in [-0.3, -0.25) is 4.57 Å². The largest absolute Gasteiger partial charge is 0.419 e. The van der Waals surface area contributed by atoms with E-state index in [1.54, 1.807) is 4.57 Å². The van der Waals surface area contributed by atoms with Gasteiger partial charge in [0.05, 0.1) is 5.52 Å². The molecule has 0 saturated carbocycles. The Bertz CT molecular complexity index is 579. The van der Waals surface area contributed by atoms with Crippen LogP contribution in [-0.2, 0) is 6.54 Å². The predicted octanol–water partition coefficient (Wildman–Crippen LogP) is 2.13. The zero-order valence-corrected chi connectivity index (χ0v) is 10.4. The minimum absolute atomic E-state index is 0.240. The van der Waals surface area contributed by atoms with Gasteiger partial charge in [-0.25, -0.2) is 4.79 Å². The van der Waals surface area contributed by atoms with Crippen LogP contribution in [0, 0.1) is 0 Å². The van der Waals surface area contributed by atoms with E-state index in [4.69, 9.17) is 4.42 Å². The molecule has 2 heterocycles. The lowest BCUT2D eigenvalue weighted by Gasteiger charge is -2.09. The van der Waals surface area contributed by atoms with Crippen LogP contribution in [0.3, 0.4) is 0 Å². The number of aromatic nitrogens is 1. The maximum Gasteiger partial charge on any atom is 0.419 e. The fourth-order valence-corrected chi connectivity index (χ4v) is 2.72. The molecule has 1 N–H and O–H groups in total. The molecule has 1 aliphatic rings. The molecule has 1 aliphatic heterocycles. The monoisotopic (exact) mass is 246 g/mol. The maximum atomic E-state index is 11.7. The number of para-hydroxylation sites is 2. The Morgan fingerprint density at radius 3 is 3.11 bits per heavy atom. The van der Waals surface area contributed by atoms with Crippen molar-refractivity contribution in [2.75, 3.05) is 6.54 Å². The fraction of sp³-hybridized carbons (Fsp3) is 0.500. The lowest BCUT2D eigenvalue weighted by molar-refractivity contribution is 0.466. The van der Waals surface area contributed by atoms with Crippen LogP contribution in [0.4, 0.5) is 0 Å². The Morgan fingerprint density at radius 2 is 2.28 bits per heavy atom. The van der Waals surface area contributed by atoms with E-state index in [0.717, 1.165) is 31.4 Å². The molecule has 0 radical (unpaired) electrons. The Labute approximate surface area is 106 Å². The first-order valence-electron chi connectivity index (χ1n) is 6.66. The van der Waals surface area contributed by atoms with Gasteiger partial charge >= 0.3 is 5.76 Å². The molecule has 1 fully saturated rings. The summed E-state index contributed by atoms with van der Waals surface area (Å²) in [5.41, 5.74) is 1.59. The number of nitrogens with zero attached hydrogens (tertiary/aromatic N) is 1. The number of hydrogen-bond acceptors (Lipinski definition) is 3. The molecule has 2 aromatic rings. The van der Waals surface area contributed by atoms with Crippen molar-refractivity contribution in [1.82, 2.24) is 9.88 Å². The van der Waals surface area contributed by atoms with E-state index in [1.165, 1.54) is 12.8 Å². The number of rotatable bonds is 4. The Balaban J connectivity index is 1.70. The highest BCUT2D eigenvalue weighted by atomic mass is 16.4. The molecular formula is C14H18N2O2. The molecule has 3 rings (SSSR count). The van der Waals surface area contributed by atoms with E-state index < -0.39 is 0 Å². The van der Waals surface area contributed by atoms with Crippen molar-refractivity contribution in [2.24, 2.45) is 0 Å². The van der Waals surface area contributed by atoms with Gasteiger partial charge in [0.15, 0.2) is 5.58 Å². The zero-order valence-electron chi connectivity index (χ0n) is 10.4. The van der Waals surface area contributed by atoms with Crippen LogP contribution >= 0.6 is 0 Å². The lowest BCUT2D eigenvalue weighted by atomic mass is 10.1. The third kappa shape index (κ3) is 2.20. The van der Waals surface area contributed by atoms with Crippen molar-refractivity contribution < 1.29 is 4.42 Å². The van der Waals surface area contributed by atoms with Crippen molar-refractivity contribution in [3.05, 3.63) is 34.8 Å². The normalized spacial score (nSPS) is 19.7. The fourth-order valence-electron chi connectivity index (χ4n) is 2.72. The van der Waals surface area contributed by atoms with Gasteiger partial charge in [-0.15, -0.1) is 0 Å². The van der Waals surface area contributed by atoms with Crippen LogP contribution < -0.4 is 11.1 Å². The summed E-state index contributed by atoms with van der Waals surface area (Å²) < 4.78 is 6.95. The summed E-state index contributed by atoms with van der Waals surface area (Å²) >= 11 is 0. The molecule has 96 valence electrons. The van der Waals surface area contributed by atoms with E-state index in [9.17, 15) is 4.79 Å². The highest BCUT2D eigenvalue weighted by Gasteiger charge is 2.14. The average Bonchev–Trinajstić information content (AvgIpc) is 2.98. The van der Waals surface area contributed by atoms with Gasteiger partial charge in [0, 0.05) is 12.6 Å². The molecule has 0 amide bonds. The second kappa shape index (κ2) is 4.98. The topological polar surface area (TPSA) is 47.2 Å². The Morgan fingerprint density at radius 1 is 1.39 bits per heavy atom. The highest BCUT2D eigenvalue weighted by molar-refractivity contribution is 5.72. The second-order valence-electron chi connectivity index (χ2n) is 4.92. The van der Waals surface area contributed by atoms with Gasteiger partial charge in [-0.05, 0) is 44.4 Å². The van der Waals surface area contributed by atoms with E-state index in [1.807, 2.05) is 24.3 Å². The summed E-state index contributed by atoms with van der Waals surface area (Å²) in [4.78, 5) is 11.7. The van der Waals surface area contributed by atoms with Crippen molar-refractivity contribution in [2.45, 2.75) is 38.3 Å². The molecule has 1 unspecified atom stereocenters. The van der Waals surface area contributed by atoms with Crippen molar-refractivity contribution in [1.29, 1.82) is 0 Å². The van der Waals surface area contributed by atoms with Crippen LogP contribution in [-0.4, -0.2) is 17.2 Å². The minimum atomic E-state index is -0.240. The van der Waals surface area contributed by atoms with Crippen LogP contribution in [0.5, 0.6) is 0 Å². The lowest BCUT2D eigenvalue weighted by Crippen LogP contribution is -2.22. The van der Waals surface area contributed by atoms with Crippen LogP contribution in [0.15, 0.2) is 33.5 Å². The summed E-state index contributed by atoms with van der Waals surface area (Å²) in [5, 5.41) is 3.48. The first-order chi connectivity index (χ1) is 8.84. The average molecular weight is 246 g/mol. The third-order valence-electron chi connectivity index (χ3n) is 3.67. The number of aryl methyl sites for hydroxylation is 1. The van der Waals surface area contributed by atoms with Crippen molar-refractivity contribution in [3.63, 3.8) is 0 Å². The van der Waals surface area contributed by atoms with E-state index in [-0.39, 0.29) is 5.76 Å². The number of oxazole rings is 1. The van der Waals surface area contributed by atoms with E-state index in [2.05, 4.69) is 5.32 Å². The molecule has 1 aromatic carbocycles. The third-order valence-corrected chi connectivity index (χ3v) is 3.67. The summed E-state index contributed by atoms with van der Waals surface area (Å²) in [6.07, 6.45) is 4.69. The molecule has 4 heteroatoms. The molecule has 18 heavy (non-hydrogen) atoms.